The zero-order chi connectivity index (χ0) is 16.1. The zero-order valence-electron chi connectivity index (χ0n) is 12.0. The van der Waals surface area contributed by atoms with Gasteiger partial charge in [0.25, 0.3) is 5.91 Å². The summed E-state index contributed by atoms with van der Waals surface area (Å²) < 4.78 is 18.7. The van der Waals surface area contributed by atoms with Crippen molar-refractivity contribution in [1.82, 2.24) is 9.97 Å². The molecule has 0 aliphatic heterocycles. The van der Waals surface area contributed by atoms with E-state index >= 15 is 0 Å². The average molecular weight is 312 g/mol. The van der Waals surface area contributed by atoms with Crippen LogP contribution in [0.3, 0.4) is 0 Å². The van der Waals surface area contributed by atoms with Crippen molar-refractivity contribution in [3.8, 4) is 0 Å². The Hall–Kier alpha value is -3.22. The highest BCUT2D eigenvalue weighted by Gasteiger charge is 2.10. The van der Waals surface area contributed by atoms with Gasteiger partial charge in [-0.15, -0.1) is 0 Å². The van der Waals surface area contributed by atoms with Crippen molar-refractivity contribution >= 4 is 17.4 Å². The van der Waals surface area contributed by atoms with Crippen molar-refractivity contribution in [3.05, 3.63) is 72.3 Å². The Morgan fingerprint density at radius 3 is 2.70 bits per heavy atom. The summed E-state index contributed by atoms with van der Waals surface area (Å²) in [6, 6.07) is 9.54. The topological polar surface area (TPSA) is 80.0 Å². The minimum atomic E-state index is -0.528. The summed E-state index contributed by atoms with van der Waals surface area (Å²) in [5, 5.41) is 5.46. The maximum Gasteiger partial charge on any atom is 0.275 e. The van der Waals surface area contributed by atoms with Gasteiger partial charge in [0.1, 0.15) is 23.1 Å². The molecular weight excluding hydrogens is 299 g/mol. The molecule has 23 heavy (non-hydrogen) atoms. The van der Waals surface area contributed by atoms with Crippen molar-refractivity contribution in [2.75, 3.05) is 10.6 Å². The fourth-order valence-corrected chi connectivity index (χ4v) is 1.88. The number of benzene rings is 1. The van der Waals surface area contributed by atoms with E-state index in [9.17, 15) is 9.18 Å². The van der Waals surface area contributed by atoms with Crippen LogP contribution >= 0.6 is 0 Å². The molecule has 3 rings (SSSR count). The molecule has 0 aliphatic carbocycles. The summed E-state index contributed by atoms with van der Waals surface area (Å²) in [5.41, 5.74) is 0.191. The van der Waals surface area contributed by atoms with E-state index in [0.29, 0.717) is 12.4 Å². The maximum absolute atomic E-state index is 13.5. The number of rotatable bonds is 5. The van der Waals surface area contributed by atoms with Crippen LogP contribution < -0.4 is 10.6 Å². The van der Waals surface area contributed by atoms with E-state index in [-0.39, 0.29) is 11.4 Å². The van der Waals surface area contributed by atoms with Gasteiger partial charge < -0.3 is 15.1 Å². The fraction of sp³-hybridized carbons (Fsp3) is 0.0625. The van der Waals surface area contributed by atoms with Gasteiger partial charge >= 0.3 is 0 Å². The first-order chi connectivity index (χ1) is 11.2. The molecule has 0 unspecified atom stereocenters. The van der Waals surface area contributed by atoms with E-state index in [4.69, 9.17) is 4.42 Å². The Bertz CT molecular complexity index is 788. The molecule has 6 nitrogen and oxygen atoms in total. The largest absolute Gasteiger partial charge is 0.467 e. The molecular formula is C16H13FN4O2. The predicted octanol–water partition coefficient (Wildman–Crippen LogP) is 3.07. The first kappa shape index (κ1) is 14.7. The van der Waals surface area contributed by atoms with Crippen molar-refractivity contribution in [2.24, 2.45) is 0 Å². The van der Waals surface area contributed by atoms with Crippen LogP contribution in [0.25, 0.3) is 0 Å². The number of hydrogen-bond acceptors (Lipinski definition) is 5. The van der Waals surface area contributed by atoms with Gasteiger partial charge in [-0.1, -0.05) is 12.1 Å². The summed E-state index contributed by atoms with van der Waals surface area (Å²) in [5.74, 6) is 0.225. The van der Waals surface area contributed by atoms with E-state index in [1.54, 1.807) is 24.5 Å². The Balaban J connectivity index is 1.62. The molecule has 0 bridgehead atoms. The zero-order valence-corrected chi connectivity index (χ0v) is 12.0. The van der Waals surface area contributed by atoms with Crippen LogP contribution in [0.1, 0.15) is 16.2 Å². The smallest absolute Gasteiger partial charge is 0.275 e. The number of furan rings is 1. The lowest BCUT2D eigenvalue weighted by Crippen LogP contribution is -2.15. The first-order valence-electron chi connectivity index (χ1n) is 6.86. The molecule has 2 aromatic heterocycles. The summed E-state index contributed by atoms with van der Waals surface area (Å²) >= 11 is 0. The number of aromatic nitrogens is 2. The standard InChI is InChI=1S/C16H13FN4O2/c17-12-5-1-2-6-13(12)21-16(22)14-9-20-15(10-18-14)19-8-11-4-3-7-23-11/h1-7,9-10H,8H2,(H,19,20)(H,21,22). The highest BCUT2D eigenvalue weighted by molar-refractivity contribution is 6.02. The number of nitrogens with zero attached hydrogens (tertiary/aromatic N) is 2. The molecule has 0 saturated carbocycles. The van der Waals surface area contributed by atoms with Gasteiger partial charge in [-0.05, 0) is 24.3 Å². The average Bonchev–Trinajstić information content (AvgIpc) is 3.09. The second-order valence-electron chi connectivity index (χ2n) is 4.65. The number of hydrogen-bond donors (Lipinski definition) is 2. The number of carbonyl (C=O) groups excluding carboxylic acids is 1. The van der Waals surface area contributed by atoms with E-state index in [0.717, 1.165) is 5.76 Å². The lowest BCUT2D eigenvalue weighted by atomic mass is 10.3. The van der Waals surface area contributed by atoms with Gasteiger partial charge in [0.2, 0.25) is 0 Å². The Morgan fingerprint density at radius 1 is 1.13 bits per heavy atom. The molecule has 1 amide bonds. The van der Waals surface area contributed by atoms with Crippen molar-refractivity contribution in [1.29, 1.82) is 0 Å². The van der Waals surface area contributed by atoms with Crippen LogP contribution in [0.5, 0.6) is 0 Å². The van der Waals surface area contributed by atoms with Crippen LogP contribution in [0, 0.1) is 5.82 Å². The number of nitrogens with one attached hydrogen (secondary N) is 2. The Labute approximate surface area is 131 Å². The molecule has 2 heterocycles. The predicted molar refractivity (Wildman–Crippen MR) is 82.4 cm³/mol. The minimum Gasteiger partial charge on any atom is -0.467 e. The van der Waals surface area contributed by atoms with Gasteiger partial charge in [0, 0.05) is 0 Å². The van der Waals surface area contributed by atoms with E-state index in [2.05, 4.69) is 20.6 Å². The second kappa shape index (κ2) is 6.69. The van der Waals surface area contributed by atoms with E-state index in [1.807, 2.05) is 6.07 Å². The highest BCUT2D eigenvalue weighted by atomic mass is 19.1. The minimum absolute atomic E-state index is 0.0943. The number of amides is 1. The molecule has 0 radical (unpaired) electrons. The fourth-order valence-electron chi connectivity index (χ4n) is 1.88. The summed E-state index contributed by atoms with van der Waals surface area (Å²) in [4.78, 5) is 20.1. The van der Waals surface area contributed by atoms with Crippen LogP contribution in [0.15, 0.2) is 59.5 Å². The molecule has 7 heteroatoms. The lowest BCUT2D eigenvalue weighted by molar-refractivity contribution is 0.102. The maximum atomic E-state index is 13.5. The van der Waals surface area contributed by atoms with Crippen LogP contribution in [0.4, 0.5) is 15.9 Å². The first-order valence-corrected chi connectivity index (χ1v) is 6.86. The monoisotopic (exact) mass is 312 g/mol. The number of halogens is 1. The lowest BCUT2D eigenvalue weighted by Gasteiger charge is -2.06. The van der Waals surface area contributed by atoms with E-state index < -0.39 is 11.7 Å². The van der Waals surface area contributed by atoms with Crippen LogP contribution in [-0.4, -0.2) is 15.9 Å². The molecule has 0 fully saturated rings. The summed E-state index contributed by atoms with van der Waals surface area (Å²) in [7, 11) is 0. The molecule has 116 valence electrons. The highest BCUT2D eigenvalue weighted by Crippen LogP contribution is 2.13. The van der Waals surface area contributed by atoms with Crippen molar-refractivity contribution < 1.29 is 13.6 Å². The third kappa shape index (κ3) is 3.70. The van der Waals surface area contributed by atoms with Crippen molar-refractivity contribution in [2.45, 2.75) is 6.54 Å². The summed E-state index contributed by atoms with van der Waals surface area (Å²) in [6.45, 7) is 0.461. The van der Waals surface area contributed by atoms with Gasteiger partial charge in [-0.25, -0.2) is 14.4 Å². The molecule has 0 aliphatic rings. The van der Waals surface area contributed by atoms with Gasteiger partial charge in [0.15, 0.2) is 0 Å². The van der Waals surface area contributed by atoms with Gasteiger partial charge in [-0.2, -0.15) is 0 Å². The molecule has 3 aromatic rings. The van der Waals surface area contributed by atoms with Gasteiger partial charge in [-0.3, -0.25) is 4.79 Å². The third-order valence-corrected chi connectivity index (χ3v) is 3.03. The number of carbonyl (C=O) groups is 1. The molecule has 0 spiro atoms. The molecule has 0 atom stereocenters. The third-order valence-electron chi connectivity index (χ3n) is 3.03. The molecule has 1 aromatic carbocycles. The van der Waals surface area contributed by atoms with Gasteiger partial charge in [0.05, 0.1) is 30.9 Å². The number of para-hydroxylation sites is 1. The molecule has 2 N–H and O–H groups in total. The normalized spacial score (nSPS) is 10.3. The Kier molecular flexibility index (Phi) is 4.28. The van der Waals surface area contributed by atoms with Crippen LogP contribution in [-0.2, 0) is 6.54 Å². The van der Waals surface area contributed by atoms with Crippen molar-refractivity contribution in [3.63, 3.8) is 0 Å². The van der Waals surface area contributed by atoms with E-state index in [1.165, 1.54) is 24.5 Å². The summed E-state index contributed by atoms with van der Waals surface area (Å²) in [6.07, 6.45) is 4.33. The Morgan fingerprint density at radius 2 is 2.00 bits per heavy atom. The quantitative estimate of drug-likeness (QED) is 0.757. The second-order valence-corrected chi connectivity index (χ2v) is 4.65. The number of anilines is 2. The SMILES string of the molecule is O=C(Nc1ccccc1F)c1cnc(NCc2ccco2)cn1. The molecule has 0 saturated heterocycles. The van der Waals surface area contributed by atoms with Crippen LogP contribution in [0.2, 0.25) is 0 Å².